The van der Waals surface area contributed by atoms with E-state index in [1.807, 2.05) is 48.7 Å². The second kappa shape index (κ2) is 6.74. The molecule has 0 aliphatic heterocycles. The van der Waals surface area contributed by atoms with Crippen LogP contribution in [0.5, 0.6) is 5.75 Å². The first-order valence-electron chi connectivity index (χ1n) is 6.48. The Balaban J connectivity index is 1.68. The van der Waals surface area contributed by atoms with Crippen molar-refractivity contribution in [3.8, 4) is 16.3 Å². The SMILES string of the molecule is COc1ccc(-c2nc(CSc3ccccn3)cs2)cc1. The zero-order valence-electron chi connectivity index (χ0n) is 11.5. The summed E-state index contributed by atoms with van der Waals surface area (Å²) >= 11 is 3.37. The predicted molar refractivity (Wildman–Crippen MR) is 87.9 cm³/mol. The van der Waals surface area contributed by atoms with Gasteiger partial charge in [0.25, 0.3) is 0 Å². The molecule has 3 rings (SSSR count). The maximum atomic E-state index is 5.17. The van der Waals surface area contributed by atoms with Gasteiger partial charge in [-0.05, 0) is 36.4 Å². The Labute approximate surface area is 132 Å². The van der Waals surface area contributed by atoms with Crippen LogP contribution in [0.2, 0.25) is 0 Å². The Hall–Kier alpha value is -1.85. The van der Waals surface area contributed by atoms with Crippen LogP contribution >= 0.6 is 23.1 Å². The van der Waals surface area contributed by atoms with Gasteiger partial charge < -0.3 is 4.74 Å². The van der Waals surface area contributed by atoms with Gasteiger partial charge in [-0.15, -0.1) is 23.1 Å². The van der Waals surface area contributed by atoms with Gasteiger partial charge in [-0.2, -0.15) is 0 Å². The fraction of sp³-hybridized carbons (Fsp3) is 0.125. The zero-order chi connectivity index (χ0) is 14.5. The molecule has 0 unspecified atom stereocenters. The average molecular weight is 314 g/mol. The van der Waals surface area contributed by atoms with Crippen LogP contribution in [0.25, 0.3) is 10.6 Å². The highest BCUT2D eigenvalue weighted by atomic mass is 32.2. The fourth-order valence-electron chi connectivity index (χ4n) is 1.82. The Bertz CT molecular complexity index is 696. The molecule has 0 fully saturated rings. The molecule has 3 nitrogen and oxygen atoms in total. The number of pyridine rings is 1. The smallest absolute Gasteiger partial charge is 0.123 e. The van der Waals surface area contributed by atoms with Gasteiger partial charge in [0.2, 0.25) is 0 Å². The number of ether oxygens (including phenoxy) is 1. The molecule has 0 aliphatic rings. The summed E-state index contributed by atoms with van der Waals surface area (Å²) in [7, 11) is 1.67. The van der Waals surface area contributed by atoms with E-state index in [0.29, 0.717) is 0 Å². The van der Waals surface area contributed by atoms with E-state index >= 15 is 0 Å². The molecule has 5 heteroatoms. The van der Waals surface area contributed by atoms with Crippen LogP contribution in [0.3, 0.4) is 0 Å². The molecular weight excluding hydrogens is 300 g/mol. The Kier molecular flexibility index (Phi) is 4.52. The molecule has 2 heterocycles. The number of methoxy groups -OCH3 is 1. The minimum atomic E-state index is 0.837. The molecule has 0 saturated heterocycles. The number of nitrogens with zero attached hydrogens (tertiary/aromatic N) is 2. The summed E-state index contributed by atoms with van der Waals surface area (Å²) in [5, 5.41) is 4.17. The summed E-state index contributed by atoms with van der Waals surface area (Å²) in [6.45, 7) is 0. The first-order chi connectivity index (χ1) is 10.3. The van der Waals surface area contributed by atoms with Crippen molar-refractivity contribution in [1.82, 2.24) is 9.97 Å². The molecule has 2 aromatic heterocycles. The van der Waals surface area contributed by atoms with Crippen molar-refractivity contribution in [3.05, 3.63) is 59.7 Å². The molecule has 0 atom stereocenters. The van der Waals surface area contributed by atoms with E-state index in [-0.39, 0.29) is 0 Å². The van der Waals surface area contributed by atoms with E-state index in [9.17, 15) is 0 Å². The number of hydrogen-bond donors (Lipinski definition) is 0. The number of thioether (sulfide) groups is 1. The van der Waals surface area contributed by atoms with Crippen LogP contribution in [-0.4, -0.2) is 17.1 Å². The maximum absolute atomic E-state index is 5.17. The van der Waals surface area contributed by atoms with E-state index in [2.05, 4.69) is 15.3 Å². The van der Waals surface area contributed by atoms with Crippen molar-refractivity contribution in [3.63, 3.8) is 0 Å². The highest BCUT2D eigenvalue weighted by molar-refractivity contribution is 7.98. The highest BCUT2D eigenvalue weighted by Gasteiger charge is 2.06. The topological polar surface area (TPSA) is 35.0 Å². The van der Waals surface area contributed by atoms with Gasteiger partial charge in [-0.1, -0.05) is 6.07 Å². The maximum Gasteiger partial charge on any atom is 0.123 e. The number of benzene rings is 1. The molecule has 0 radical (unpaired) electrons. The van der Waals surface area contributed by atoms with E-state index < -0.39 is 0 Å². The van der Waals surface area contributed by atoms with Gasteiger partial charge >= 0.3 is 0 Å². The Morgan fingerprint density at radius 1 is 1.14 bits per heavy atom. The van der Waals surface area contributed by atoms with Gasteiger partial charge in [-0.25, -0.2) is 9.97 Å². The van der Waals surface area contributed by atoms with Crippen LogP contribution in [-0.2, 0) is 5.75 Å². The van der Waals surface area contributed by atoms with Gasteiger partial charge in [0.15, 0.2) is 0 Å². The Morgan fingerprint density at radius 3 is 2.71 bits per heavy atom. The first kappa shape index (κ1) is 14.1. The lowest BCUT2D eigenvalue weighted by molar-refractivity contribution is 0.415. The monoisotopic (exact) mass is 314 g/mol. The molecule has 0 N–H and O–H groups in total. The summed E-state index contributed by atoms with van der Waals surface area (Å²) in [5.41, 5.74) is 2.20. The predicted octanol–water partition coefficient (Wildman–Crippen LogP) is 4.51. The third kappa shape index (κ3) is 3.62. The Morgan fingerprint density at radius 2 is 2.00 bits per heavy atom. The van der Waals surface area contributed by atoms with E-state index in [1.165, 1.54) is 0 Å². The third-order valence-electron chi connectivity index (χ3n) is 2.89. The molecule has 3 aromatic rings. The summed E-state index contributed by atoms with van der Waals surface area (Å²) in [6, 6.07) is 13.9. The molecule has 0 aliphatic carbocycles. The van der Waals surface area contributed by atoms with Crippen LogP contribution < -0.4 is 4.74 Å². The molecular formula is C16H14N2OS2. The quantitative estimate of drug-likeness (QED) is 0.649. The standard InChI is InChI=1S/C16H14N2OS2/c1-19-14-7-5-12(6-8-14)16-18-13(11-21-16)10-20-15-4-2-3-9-17-15/h2-9,11H,10H2,1H3. The van der Waals surface area contributed by atoms with Crippen molar-refractivity contribution < 1.29 is 4.74 Å². The molecule has 0 amide bonds. The number of aromatic nitrogens is 2. The minimum absolute atomic E-state index is 0.837. The van der Waals surface area contributed by atoms with Gasteiger partial charge in [-0.3, -0.25) is 0 Å². The fourth-order valence-corrected chi connectivity index (χ4v) is 3.50. The second-order valence-electron chi connectivity index (χ2n) is 4.33. The largest absolute Gasteiger partial charge is 0.497 e. The zero-order valence-corrected chi connectivity index (χ0v) is 13.2. The van der Waals surface area contributed by atoms with E-state index in [1.54, 1.807) is 30.2 Å². The lowest BCUT2D eigenvalue weighted by atomic mass is 10.2. The van der Waals surface area contributed by atoms with Crippen molar-refractivity contribution in [2.45, 2.75) is 10.8 Å². The number of hydrogen-bond acceptors (Lipinski definition) is 5. The van der Waals surface area contributed by atoms with Crippen LogP contribution in [0.1, 0.15) is 5.69 Å². The van der Waals surface area contributed by atoms with E-state index in [0.717, 1.165) is 32.8 Å². The first-order valence-corrected chi connectivity index (χ1v) is 8.34. The van der Waals surface area contributed by atoms with Gasteiger partial charge in [0.1, 0.15) is 10.8 Å². The van der Waals surface area contributed by atoms with E-state index in [4.69, 9.17) is 4.74 Å². The normalized spacial score (nSPS) is 10.5. The summed E-state index contributed by atoms with van der Waals surface area (Å²) in [6.07, 6.45) is 1.81. The molecule has 0 spiro atoms. The summed E-state index contributed by atoms with van der Waals surface area (Å²) in [5.74, 6) is 1.70. The van der Waals surface area contributed by atoms with Gasteiger partial charge in [0.05, 0.1) is 17.8 Å². The minimum Gasteiger partial charge on any atom is -0.497 e. The highest BCUT2D eigenvalue weighted by Crippen LogP contribution is 2.28. The summed E-state index contributed by atoms with van der Waals surface area (Å²) in [4.78, 5) is 8.98. The third-order valence-corrected chi connectivity index (χ3v) is 4.81. The molecule has 0 bridgehead atoms. The van der Waals surface area contributed by atoms with Crippen molar-refractivity contribution in [1.29, 1.82) is 0 Å². The lowest BCUT2D eigenvalue weighted by Crippen LogP contribution is -1.84. The molecule has 21 heavy (non-hydrogen) atoms. The van der Waals surface area contributed by atoms with Crippen LogP contribution in [0, 0.1) is 0 Å². The van der Waals surface area contributed by atoms with Gasteiger partial charge in [0, 0.05) is 22.9 Å². The summed E-state index contributed by atoms with van der Waals surface area (Å²) < 4.78 is 5.17. The van der Waals surface area contributed by atoms with Crippen LogP contribution in [0.4, 0.5) is 0 Å². The number of thiazole rings is 1. The average Bonchev–Trinajstić information content (AvgIpc) is 3.03. The number of rotatable bonds is 5. The van der Waals surface area contributed by atoms with Crippen molar-refractivity contribution in [2.75, 3.05) is 7.11 Å². The lowest BCUT2D eigenvalue weighted by Gasteiger charge is -2.00. The van der Waals surface area contributed by atoms with Crippen molar-refractivity contribution in [2.24, 2.45) is 0 Å². The second-order valence-corrected chi connectivity index (χ2v) is 6.18. The van der Waals surface area contributed by atoms with Crippen molar-refractivity contribution >= 4 is 23.1 Å². The molecule has 1 aromatic carbocycles. The molecule has 106 valence electrons. The van der Waals surface area contributed by atoms with Crippen LogP contribution in [0.15, 0.2) is 59.1 Å². The molecule has 0 saturated carbocycles.